The number of urea groups is 1. The molecule has 2 aromatic rings. The molecule has 144 valence electrons. The second-order valence-electron chi connectivity index (χ2n) is 7.06. The molecule has 0 spiro atoms. The molecule has 0 radical (unpaired) electrons. The number of rotatable bonds is 5. The van der Waals surface area contributed by atoms with E-state index in [0.717, 1.165) is 17.7 Å². The van der Waals surface area contributed by atoms with Crippen LogP contribution < -0.4 is 15.0 Å². The average molecular weight is 388 g/mol. The van der Waals surface area contributed by atoms with Crippen LogP contribution >= 0.6 is 11.6 Å². The zero-order chi connectivity index (χ0) is 19.4. The third-order valence-electron chi connectivity index (χ3n) is 4.81. The number of ether oxygens (including phenoxy) is 1. The van der Waals surface area contributed by atoms with E-state index in [4.69, 9.17) is 16.3 Å². The SMILES string of the molecule is CC(NC(=O)N1CCC(Oc2ccccc2Cl)C1)c1ccc(N(C)C)cc1. The molecule has 1 aliphatic rings. The summed E-state index contributed by atoms with van der Waals surface area (Å²) in [5, 5.41) is 3.67. The highest BCUT2D eigenvalue weighted by atomic mass is 35.5. The summed E-state index contributed by atoms with van der Waals surface area (Å²) in [6.45, 7) is 3.23. The van der Waals surface area contributed by atoms with E-state index in [9.17, 15) is 4.79 Å². The third-order valence-corrected chi connectivity index (χ3v) is 5.12. The Balaban J connectivity index is 1.53. The van der Waals surface area contributed by atoms with Crippen molar-refractivity contribution in [2.45, 2.75) is 25.5 Å². The van der Waals surface area contributed by atoms with Crippen LogP contribution in [0.4, 0.5) is 10.5 Å². The largest absolute Gasteiger partial charge is 0.487 e. The molecule has 0 aliphatic carbocycles. The van der Waals surface area contributed by atoms with Gasteiger partial charge in [0.05, 0.1) is 17.6 Å². The van der Waals surface area contributed by atoms with Crippen LogP contribution in [-0.2, 0) is 0 Å². The zero-order valence-electron chi connectivity index (χ0n) is 16.0. The Bertz CT molecular complexity index is 779. The number of amides is 2. The quantitative estimate of drug-likeness (QED) is 0.830. The first-order valence-corrected chi connectivity index (χ1v) is 9.55. The van der Waals surface area contributed by atoms with Crippen molar-refractivity contribution in [1.29, 1.82) is 0 Å². The van der Waals surface area contributed by atoms with Crippen molar-refractivity contribution in [3.05, 3.63) is 59.1 Å². The lowest BCUT2D eigenvalue weighted by atomic mass is 10.1. The van der Waals surface area contributed by atoms with Crippen LogP contribution in [-0.4, -0.2) is 44.2 Å². The number of halogens is 1. The maximum absolute atomic E-state index is 12.6. The zero-order valence-corrected chi connectivity index (χ0v) is 16.7. The highest BCUT2D eigenvalue weighted by molar-refractivity contribution is 6.32. The molecule has 1 N–H and O–H groups in total. The molecule has 1 aliphatic heterocycles. The minimum atomic E-state index is -0.0653. The highest BCUT2D eigenvalue weighted by Gasteiger charge is 2.28. The maximum Gasteiger partial charge on any atom is 0.318 e. The van der Waals surface area contributed by atoms with E-state index in [0.29, 0.717) is 23.9 Å². The monoisotopic (exact) mass is 387 g/mol. The number of likely N-dealkylation sites (tertiary alicyclic amines) is 1. The molecule has 2 atom stereocenters. The molecule has 0 bridgehead atoms. The first kappa shape index (κ1) is 19.4. The van der Waals surface area contributed by atoms with Gasteiger partial charge in [-0.2, -0.15) is 0 Å². The van der Waals surface area contributed by atoms with Crippen LogP contribution in [0.1, 0.15) is 24.9 Å². The molecule has 2 amide bonds. The molecule has 0 aromatic heterocycles. The van der Waals surface area contributed by atoms with Gasteiger partial charge < -0.3 is 19.9 Å². The summed E-state index contributed by atoms with van der Waals surface area (Å²) in [4.78, 5) is 16.4. The Morgan fingerprint density at radius 3 is 2.59 bits per heavy atom. The molecule has 27 heavy (non-hydrogen) atoms. The van der Waals surface area contributed by atoms with Crippen LogP contribution in [0.25, 0.3) is 0 Å². The number of carbonyl (C=O) groups excluding carboxylic acids is 1. The van der Waals surface area contributed by atoms with Gasteiger partial charge in [0.1, 0.15) is 11.9 Å². The Kier molecular flexibility index (Phi) is 6.11. The number of nitrogens with one attached hydrogen (secondary N) is 1. The second kappa shape index (κ2) is 8.53. The lowest BCUT2D eigenvalue weighted by Crippen LogP contribution is -2.40. The van der Waals surface area contributed by atoms with Crippen LogP contribution in [0, 0.1) is 0 Å². The molecular formula is C21H26ClN3O2. The fourth-order valence-electron chi connectivity index (χ4n) is 3.15. The van der Waals surface area contributed by atoms with Crippen molar-refractivity contribution >= 4 is 23.3 Å². The molecule has 1 saturated heterocycles. The van der Waals surface area contributed by atoms with Gasteiger partial charge in [0, 0.05) is 32.7 Å². The maximum atomic E-state index is 12.6. The van der Waals surface area contributed by atoms with Crippen molar-refractivity contribution < 1.29 is 9.53 Å². The van der Waals surface area contributed by atoms with E-state index >= 15 is 0 Å². The number of hydrogen-bond donors (Lipinski definition) is 1. The van der Waals surface area contributed by atoms with Gasteiger partial charge in [-0.1, -0.05) is 35.9 Å². The standard InChI is InChI=1S/C21H26ClN3O2/c1-15(16-8-10-17(11-9-16)24(2)3)23-21(26)25-13-12-18(14-25)27-20-7-5-4-6-19(20)22/h4-11,15,18H,12-14H2,1-3H3,(H,23,26). The number of para-hydroxylation sites is 1. The molecular weight excluding hydrogens is 362 g/mol. The van der Waals surface area contributed by atoms with E-state index in [1.54, 1.807) is 11.0 Å². The molecule has 1 heterocycles. The normalized spacial score (nSPS) is 17.5. The van der Waals surface area contributed by atoms with Crippen molar-refractivity contribution in [3.8, 4) is 5.75 Å². The van der Waals surface area contributed by atoms with Crippen molar-refractivity contribution in [3.63, 3.8) is 0 Å². The van der Waals surface area contributed by atoms with Gasteiger partial charge in [0.15, 0.2) is 0 Å². The molecule has 1 fully saturated rings. The lowest BCUT2D eigenvalue weighted by molar-refractivity contribution is 0.185. The van der Waals surface area contributed by atoms with Gasteiger partial charge >= 0.3 is 6.03 Å². The number of benzene rings is 2. The van der Waals surface area contributed by atoms with Crippen LogP contribution in [0.3, 0.4) is 0 Å². The summed E-state index contributed by atoms with van der Waals surface area (Å²) in [7, 11) is 4.02. The van der Waals surface area contributed by atoms with E-state index in [1.165, 1.54) is 0 Å². The highest BCUT2D eigenvalue weighted by Crippen LogP contribution is 2.26. The number of anilines is 1. The van der Waals surface area contributed by atoms with Crippen LogP contribution in [0.15, 0.2) is 48.5 Å². The molecule has 6 heteroatoms. The minimum Gasteiger partial charge on any atom is -0.487 e. The molecule has 2 unspecified atom stereocenters. The summed E-state index contributed by atoms with van der Waals surface area (Å²) >= 11 is 6.15. The van der Waals surface area contributed by atoms with E-state index in [2.05, 4.69) is 22.3 Å². The lowest BCUT2D eigenvalue weighted by Gasteiger charge is -2.22. The average Bonchev–Trinajstić information content (AvgIpc) is 3.12. The van der Waals surface area contributed by atoms with Crippen LogP contribution in [0.5, 0.6) is 5.75 Å². The van der Waals surface area contributed by atoms with Gasteiger partial charge in [0.25, 0.3) is 0 Å². The Hall–Kier alpha value is -2.40. The van der Waals surface area contributed by atoms with E-state index in [-0.39, 0.29) is 18.2 Å². The first-order chi connectivity index (χ1) is 12.9. The van der Waals surface area contributed by atoms with Gasteiger partial charge in [-0.3, -0.25) is 0 Å². The second-order valence-corrected chi connectivity index (χ2v) is 7.47. The third kappa shape index (κ3) is 4.86. The first-order valence-electron chi connectivity index (χ1n) is 9.18. The van der Waals surface area contributed by atoms with E-state index < -0.39 is 0 Å². The predicted octanol–water partition coefficient (Wildman–Crippen LogP) is 4.33. The summed E-state index contributed by atoms with van der Waals surface area (Å²) < 4.78 is 5.95. The molecule has 0 saturated carbocycles. The van der Waals surface area contributed by atoms with Crippen LogP contribution in [0.2, 0.25) is 5.02 Å². The summed E-state index contributed by atoms with van der Waals surface area (Å²) in [5.74, 6) is 0.667. The van der Waals surface area contributed by atoms with Crippen molar-refractivity contribution in [2.75, 3.05) is 32.1 Å². The van der Waals surface area contributed by atoms with E-state index in [1.807, 2.05) is 51.4 Å². The molecule has 5 nitrogen and oxygen atoms in total. The summed E-state index contributed by atoms with van der Waals surface area (Å²) in [6.07, 6.45) is 0.759. The molecule has 3 rings (SSSR count). The minimum absolute atomic E-state index is 0.0367. The Morgan fingerprint density at radius 1 is 1.22 bits per heavy atom. The number of hydrogen-bond acceptors (Lipinski definition) is 3. The van der Waals surface area contributed by atoms with Gasteiger partial charge in [0.2, 0.25) is 0 Å². The number of carbonyl (C=O) groups is 1. The fraction of sp³-hybridized carbons (Fsp3) is 0.381. The Labute approximate surface area is 165 Å². The van der Waals surface area contributed by atoms with Crippen molar-refractivity contribution in [1.82, 2.24) is 10.2 Å². The topological polar surface area (TPSA) is 44.8 Å². The summed E-state index contributed by atoms with van der Waals surface area (Å²) in [6, 6.07) is 15.5. The smallest absolute Gasteiger partial charge is 0.318 e. The molecule has 2 aromatic carbocycles. The van der Waals surface area contributed by atoms with Gasteiger partial charge in [-0.25, -0.2) is 4.79 Å². The number of nitrogens with zero attached hydrogens (tertiary/aromatic N) is 2. The fourth-order valence-corrected chi connectivity index (χ4v) is 3.33. The van der Waals surface area contributed by atoms with Crippen molar-refractivity contribution in [2.24, 2.45) is 0 Å². The predicted molar refractivity (Wildman–Crippen MR) is 110 cm³/mol. The van der Waals surface area contributed by atoms with Gasteiger partial charge in [-0.05, 0) is 36.8 Å². The Morgan fingerprint density at radius 2 is 1.93 bits per heavy atom. The van der Waals surface area contributed by atoms with Gasteiger partial charge in [-0.15, -0.1) is 0 Å². The summed E-state index contributed by atoms with van der Waals surface area (Å²) in [5.41, 5.74) is 2.22.